The lowest BCUT2D eigenvalue weighted by Crippen LogP contribution is -2.45. The second kappa shape index (κ2) is 32.7. The van der Waals surface area contributed by atoms with Crippen LogP contribution in [0.15, 0.2) is 12.3 Å². The topological polar surface area (TPSA) is 233 Å². The standard InChI is InChI=1S/C12H24N2O3S.C12H21NO4S.C12H19NO3S/c1-9(6-8-18-2)11(15)14-10(12(16)17)5-3-4-7-13;1-9(6-8-18-2)11(15)13-10(12(16)17)5-3-4-7-14;1-9(6-8-17-2)11(14)13-7-4-3-5-10(13)12(15)16/h9-10H,3-8,13H2,1-2H3,(H,14,15)(H,16,17);7,9-10H,3-6,8H2,1-2H3,(H,13,15)(H,16,17);4,7,9-10H,3,5-6,8H2,1-2H3,(H,15,16)/p+1/t3*9-,10?/m000/s1. The minimum atomic E-state index is -1.05. The Kier molecular flexibility index (Phi) is 32.2. The highest BCUT2D eigenvalue weighted by atomic mass is 32.2. The molecule has 1 heterocycles. The highest BCUT2D eigenvalue weighted by molar-refractivity contribution is 7.98. The van der Waals surface area contributed by atoms with Crippen molar-refractivity contribution in [3.05, 3.63) is 12.3 Å². The van der Waals surface area contributed by atoms with Crippen LogP contribution in [-0.2, 0) is 33.6 Å². The fourth-order valence-corrected chi connectivity index (χ4v) is 6.49. The summed E-state index contributed by atoms with van der Waals surface area (Å²) in [5.41, 5.74) is 5.36. The molecule has 0 aliphatic carbocycles. The number of allylic oxidation sites excluding steroid dienone is 1. The fraction of sp³-hybridized carbons (Fsp3) is 0.750. The molecule has 1 rings (SSSR count). The van der Waals surface area contributed by atoms with Gasteiger partial charge in [-0.3, -0.25) is 14.4 Å². The molecule has 0 radical (unpaired) electrons. The zero-order chi connectivity index (χ0) is 40.8. The van der Waals surface area contributed by atoms with E-state index in [1.807, 2.05) is 38.7 Å². The first-order valence-electron chi connectivity index (χ1n) is 18.0. The van der Waals surface area contributed by atoms with E-state index in [0.717, 1.165) is 55.6 Å². The molecule has 0 bridgehead atoms. The van der Waals surface area contributed by atoms with Crippen molar-refractivity contribution in [1.29, 1.82) is 0 Å². The molecule has 1 aliphatic rings. The Morgan fingerprint density at radius 3 is 1.62 bits per heavy atom. The minimum absolute atomic E-state index is 0. The molecular formula is C36H65N4O10S3+. The van der Waals surface area contributed by atoms with Gasteiger partial charge in [-0.2, -0.15) is 35.3 Å². The molecule has 6 atom stereocenters. The van der Waals surface area contributed by atoms with Gasteiger partial charge in [0, 0.05) is 30.4 Å². The van der Waals surface area contributed by atoms with E-state index in [4.69, 9.17) is 21.1 Å². The number of nitrogens with two attached hydrogens (primary N) is 1. The summed E-state index contributed by atoms with van der Waals surface area (Å²) in [6, 6.07) is -2.38. The Hall–Kier alpha value is -2.76. The van der Waals surface area contributed by atoms with Crippen molar-refractivity contribution in [2.45, 2.75) is 110 Å². The second-order valence-corrected chi connectivity index (χ2v) is 15.7. The Morgan fingerprint density at radius 2 is 1.23 bits per heavy atom. The first-order valence-corrected chi connectivity index (χ1v) is 22.2. The zero-order valence-corrected chi connectivity index (χ0v) is 34.7. The van der Waals surface area contributed by atoms with Gasteiger partial charge in [0.25, 0.3) is 0 Å². The van der Waals surface area contributed by atoms with Crippen LogP contribution in [0.5, 0.6) is 0 Å². The predicted octanol–water partition coefficient (Wildman–Crippen LogP) is 4.47. The van der Waals surface area contributed by atoms with Crippen LogP contribution in [-0.4, -0.2) is 123 Å². The van der Waals surface area contributed by atoms with Crippen molar-refractivity contribution in [3.8, 4) is 0 Å². The Bertz CT molecular complexity index is 1140. The van der Waals surface area contributed by atoms with Crippen molar-refractivity contribution in [2.75, 3.05) is 42.6 Å². The average molecular weight is 810 g/mol. The molecule has 0 fully saturated rings. The van der Waals surface area contributed by atoms with E-state index in [-0.39, 0.29) is 43.3 Å². The van der Waals surface area contributed by atoms with E-state index in [0.29, 0.717) is 38.6 Å². The average Bonchev–Trinajstić information content (AvgIpc) is 3.14. The molecule has 0 aromatic rings. The van der Waals surface area contributed by atoms with E-state index < -0.39 is 36.0 Å². The third kappa shape index (κ3) is 25.0. The highest BCUT2D eigenvalue weighted by Gasteiger charge is 2.31. The summed E-state index contributed by atoms with van der Waals surface area (Å²) < 4.78 is 0. The molecule has 3 amide bonds. The van der Waals surface area contributed by atoms with Gasteiger partial charge in [0.2, 0.25) is 17.7 Å². The van der Waals surface area contributed by atoms with E-state index >= 15 is 0 Å². The smallest absolute Gasteiger partial charge is 0.480 e. The van der Waals surface area contributed by atoms with Crippen LogP contribution in [0, 0.1) is 17.8 Å². The van der Waals surface area contributed by atoms with Gasteiger partial charge in [-0.25, -0.2) is 14.4 Å². The van der Waals surface area contributed by atoms with Crippen LogP contribution in [0.2, 0.25) is 0 Å². The molecule has 14 nitrogen and oxygen atoms in total. The van der Waals surface area contributed by atoms with Crippen LogP contribution in [0.25, 0.3) is 0 Å². The van der Waals surface area contributed by atoms with Crippen molar-refractivity contribution >= 4 is 77.2 Å². The molecule has 0 saturated heterocycles. The predicted molar refractivity (Wildman–Crippen MR) is 216 cm³/mol. The number of carboxylic acids is 3. The minimum Gasteiger partial charge on any atom is -0.480 e. The molecule has 306 valence electrons. The van der Waals surface area contributed by atoms with E-state index in [1.165, 1.54) is 4.90 Å². The fourth-order valence-electron chi connectivity index (χ4n) is 4.72. The van der Waals surface area contributed by atoms with Gasteiger partial charge in [0.15, 0.2) is 0 Å². The number of aliphatic carboxylic acids is 3. The van der Waals surface area contributed by atoms with Gasteiger partial charge >= 0.3 is 19.3 Å². The number of carbonyl (C=O) groups excluding carboxylic acids is 4. The van der Waals surface area contributed by atoms with Gasteiger partial charge in [0.05, 0.1) is 0 Å². The van der Waals surface area contributed by atoms with Crippen LogP contribution < -0.4 is 16.4 Å². The molecule has 0 saturated carbocycles. The zero-order valence-electron chi connectivity index (χ0n) is 33.3. The molecule has 53 heavy (non-hydrogen) atoms. The maximum Gasteiger partial charge on any atom is 1.00 e. The summed E-state index contributed by atoms with van der Waals surface area (Å²) in [5.74, 6) is -1.19. The van der Waals surface area contributed by atoms with Crippen LogP contribution in [0.1, 0.15) is 92.8 Å². The van der Waals surface area contributed by atoms with Crippen LogP contribution in [0.4, 0.5) is 0 Å². The number of aldehydes is 1. The number of hydrogen-bond donors (Lipinski definition) is 6. The Morgan fingerprint density at radius 1 is 0.774 bits per heavy atom. The summed E-state index contributed by atoms with van der Waals surface area (Å²) in [6.07, 6.45) is 16.7. The van der Waals surface area contributed by atoms with Gasteiger partial charge < -0.3 is 41.4 Å². The molecule has 0 aromatic heterocycles. The first-order chi connectivity index (χ1) is 25.1. The third-order valence-corrected chi connectivity index (χ3v) is 10.3. The van der Waals surface area contributed by atoms with Gasteiger partial charge in [0.1, 0.15) is 24.4 Å². The molecule has 17 heteroatoms. The SMILES string of the molecule is CSCC[C@H](C)C(=O)N1C=CCCC1C(=O)O.CSCC[C@H](C)C(=O)NC(CCCC=O)C(=O)O.CSCC[C@H](C)C(=O)NC(CCCCN)C(=O)O.[H+]. The summed E-state index contributed by atoms with van der Waals surface area (Å²) in [4.78, 5) is 80.3. The number of carboxylic acid groups (broad SMARTS) is 3. The number of amides is 3. The van der Waals surface area contributed by atoms with E-state index in [2.05, 4.69) is 10.6 Å². The number of rotatable bonds is 25. The molecule has 7 N–H and O–H groups in total. The molecule has 0 aromatic carbocycles. The van der Waals surface area contributed by atoms with Crippen molar-refractivity contribution in [2.24, 2.45) is 23.5 Å². The lowest BCUT2D eigenvalue weighted by Gasteiger charge is -2.30. The maximum absolute atomic E-state index is 12.1. The summed E-state index contributed by atoms with van der Waals surface area (Å²) in [5, 5.41) is 32.2. The van der Waals surface area contributed by atoms with Crippen molar-refractivity contribution in [3.63, 3.8) is 0 Å². The number of unbranched alkanes of at least 4 members (excludes halogenated alkanes) is 2. The van der Waals surface area contributed by atoms with Gasteiger partial charge in [-0.1, -0.05) is 26.8 Å². The second-order valence-electron chi connectivity index (χ2n) is 12.8. The molecule has 1 aliphatic heterocycles. The molecule has 3 unspecified atom stereocenters. The molecular weight excluding hydrogens is 745 g/mol. The maximum atomic E-state index is 12.1. The number of nitrogens with zero attached hydrogens (tertiary/aromatic N) is 1. The summed E-state index contributed by atoms with van der Waals surface area (Å²) in [6.45, 7) is 6.02. The lowest BCUT2D eigenvalue weighted by molar-refractivity contribution is -0.149. The van der Waals surface area contributed by atoms with Crippen molar-refractivity contribution in [1.82, 2.24) is 15.5 Å². The Balaban J connectivity index is -0.000000716. The number of hydrogen-bond acceptors (Lipinski definition) is 11. The van der Waals surface area contributed by atoms with Crippen molar-refractivity contribution < 1.29 is 50.3 Å². The lowest BCUT2D eigenvalue weighted by atomic mass is 10.0. The normalized spacial score (nSPS) is 16.2. The Labute approximate surface area is 329 Å². The summed E-state index contributed by atoms with van der Waals surface area (Å²) >= 11 is 5.03. The number of nitrogens with one attached hydrogen (secondary N) is 2. The third-order valence-electron chi connectivity index (χ3n) is 8.32. The van der Waals surface area contributed by atoms with Gasteiger partial charge in [-0.15, -0.1) is 0 Å². The number of carbonyl (C=O) groups is 7. The van der Waals surface area contributed by atoms with E-state index in [1.54, 1.807) is 48.4 Å². The number of thioether (sulfide) groups is 3. The monoisotopic (exact) mass is 809 g/mol. The molecule has 0 spiro atoms. The summed E-state index contributed by atoms with van der Waals surface area (Å²) in [7, 11) is 0. The van der Waals surface area contributed by atoms with E-state index in [9.17, 15) is 33.6 Å². The van der Waals surface area contributed by atoms with Crippen LogP contribution >= 0.6 is 35.3 Å². The quantitative estimate of drug-likeness (QED) is 0.0552. The van der Waals surface area contributed by atoms with Gasteiger partial charge in [-0.05, 0) is 107 Å². The largest absolute Gasteiger partial charge is 1.00 e. The first kappa shape index (κ1) is 52.3. The van der Waals surface area contributed by atoms with Crippen LogP contribution in [0.3, 0.4) is 0 Å². The highest BCUT2D eigenvalue weighted by Crippen LogP contribution is 2.20.